The zero-order chi connectivity index (χ0) is 13.7. The van der Waals surface area contributed by atoms with Gasteiger partial charge < -0.3 is 9.47 Å². The minimum atomic E-state index is -0.566. The Morgan fingerprint density at radius 2 is 2.00 bits per heavy atom. The van der Waals surface area contributed by atoms with Gasteiger partial charge in [-0.25, -0.2) is 0 Å². The molecule has 0 aliphatic carbocycles. The van der Waals surface area contributed by atoms with Gasteiger partial charge in [-0.15, -0.1) is 0 Å². The molecule has 0 aromatic rings. The van der Waals surface area contributed by atoms with Crippen molar-refractivity contribution in [3.05, 3.63) is 24.3 Å². The maximum Gasteiger partial charge on any atom is 0.258 e. The minimum Gasteiger partial charge on any atom is -0.351 e. The smallest absolute Gasteiger partial charge is 0.258 e. The van der Waals surface area contributed by atoms with E-state index < -0.39 is 12.2 Å². The Morgan fingerprint density at radius 1 is 1.21 bits per heavy atom. The van der Waals surface area contributed by atoms with Crippen molar-refractivity contribution in [2.75, 3.05) is 13.5 Å². The van der Waals surface area contributed by atoms with E-state index in [1.54, 1.807) is 0 Å². The molecule has 5 nitrogen and oxygen atoms in total. The fourth-order valence-corrected chi connectivity index (χ4v) is 1.83. The van der Waals surface area contributed by atoms with Crippen LogP contribution in [0.3, 0.4) is 0 Å². The van der Waals surface area contributed by atoms with Crippen molar-refractivity contribution in [2.24, 2.45) is 0 Å². The van der Waals surface area contributed by atoms with E-state index in [9.17, 15) is 9.59 Å². The van der Waals surface area contributed by atoms with Gasteiger partial charge in [0.05, 0.1) is 0 Å². The van der Waals surface area contributed by atoms with Gasteiger partial charge in [0.2, 0.25) is 0 Å². The number of hydrogen-bond donors (Lipinski definition) is 0. The number of ketones is 1. The number of rotatable bonds is 7. The summed E-state index contributed by atoms with van der Waals surface area (Å²) in [5.74, 6) is -0.122. The van der Waals surface area contributed by atoms with E-state index in [2.05, 4.69) is 0 Å². The van der Waals surface area contributed by atoms with Gasteiger partial charge in [-0.1, -0.05) is 24.3 Å². The molecular weight excluding hydrogens is 246 g/mol. The van der Waals surface area contributed by atoms with Gasteiger partial charge in [-0.3, -0.25) is 14.5 Å². The van der Waals surface area contributed by atoms with Crippen LogP contribution in [-0.4, -0.2) is 42.3 Å². The maximum atomic E-state index is 11.8. The zero-order valence-electron chi connectivity index (χ0n) is 11.1. The Bertz CT molecular complexity index is 398. The van der Waals surface area contributed by atoms with Gasteiger partial charge in [0, 0.05) is 6.42 Å². The number of epoxide rings is 1. The largest absolute Gasteiger partial charge is 0.351 e. The predicted octanol–water partition coefficient (Wildman–Crippen LogP) is 1.40. The quantitative estimate of drug-likeness (QED) is 0.515. The van der Waals surface area contributed by atoms with Gasteiger partial charge in [0.15, 0.2) is 18.0 Å². The number of allylic oxidation sites excluding steroid dienone is 4. The molecule has 2 fully saturated rings. The monoisotopic (exact) mass is 265 g/mol. The van der Waals surface area contributed by atoms with E-state index in [1.807, 2.05) is 31.2 Å². The highest BCUT2D eigenvalue weighted by molar-refractivity contribution is 5.96. The molecule has 2 atom stereocenters. The Hall–Kier alpha value is -1.46. The molecular formula is C14H19NO4. The molecule has 0 aromatic carbocycles. The molecule has 2 aliphatic heterocycles. The first kappa shape index (κ1) is 14.0. The van der Waals surface area contributed by atoms with E-state index in [0.717, 1.165) is 6.42 Å². The molecule has 1 amide bonds. The number of hydrogen-bond acceptors (Lipinski definition) is 4. The number of Topliss-reactive ketones (excluding diaryl/α,β-unsaturated/α-hetero) is 1. The molecule has 0 saturated carbocycles. The number of carbonyl (C=O) groups excluding carboxylic acids is 2. The normalized spacial score (nSPS) is 25.8. The molecule has 0 unspecified atom stereocenters. The van der Waals surface area contributed by atoms with Crippen molar-refractivity contribution in [1.82, 2.24) is 4.90 Å². The summed E-state index contributed by atoms with van der Waals surface area (Å²) in [6.45, 7) is 2.60. The van der Waals surface area contributed by atoms with E-state index in [1.165, 1.54) is 4.90 Å². The van der Waals surface area contributed by atoms with Crippen LogP contribution < -0.4 is 0 Å². The van der Waals surface area contributed by atoms with Crippen LogP contribution >= 0.6 is 0 Å². The highest BCUT2D eigenvalue weighted by Crippen LogP contribution is 2.27. The first-order chi connectivity index (χ1) is 9.24. The Morgan fingerprint density at radius 3 is 2.63 bits per heavy atom. The number of ether oxygens (including phenoxy) is 2. The van der Waals surface area contributed by atoms with Crippen LogP contribution in [-0.2, 0) is 19.1 Å². The summed E-state index contributed by atoms with van der Waals surface area (Å²) in [6, 6.07) is 0. The summed E-state index contributed by atoms with van der Waals surface area (Å²) in [5, 5.41) is 0. The fourth-order valence-electron chi connectivity index (χ4n) is 1.83. The van der Waals surface area contributed by atoms with Gasteiger partial charge in [-0.2, -0.15) is 0 Å². The highest BCUT2D eigenvalue weighted by Gasteiger charge is 2.51. The van der Waals surface area contributed by atoms with Crippen LogP contribution in [0.25, 0.3) is 0 Å². The van der Waals surface area contributed by atoms with Crippen molar-refractivity contribution in [2.45, 2.75) is 38.4 Å². The summed E-state index contributed by atoms with van der Waals surface area (Å²) in [6.07, 6.45) is 8.97. The predicted molar refractivity (Wildman–Crippen MR) is 69.1 cm³/mol. The fraction of sp³-hybridized carbons (Fsp3) is 0.571. The molecule has 0 aromatic heterocycles. The third kappa shape index (κ3) is 3.75. The van der Waals surface area contributed by atoms with E-state index in [-0.39, 0.29) is 11.7 Å². The maximum absolute atomic E-state index is 11.8. The molecule has 5 heteroatoms. The number of nitrogens with zero attached hydrogens (tertiary/aromatic N) is 1. The van der Waals surface area contributed by atoms with Gasteiger partial charge in [-0.05, 0) is 19.8 Å². The summed E-state index contributed by atoms with van der Waals surface area (Å²) in [5.41, 5.74) is 0. The second kappa shape index (κ2) is 6.63. The minimum absolute atomic E-state index is 0.00970. The Kier molecular flexibility index (Phi) is 4.87. The second-order valence-corrected chi connectivity index (χ2v) is 4.60. The Balaban J connectivity index is 1.62. The molecule has 2 saturated heterocycles. The molecule has 2 rings (SSSR count). The van der Waals surface area contributed by atoms with Crippen molar-refractivity contribution in [3.8, 4) is 0 Å². The van der Waals surface area contributed by atoms with E-state index >= 15 is 0 Å². The van der Waals surface area contributed by atoms with Gasteiger partial charge in [0.25, 0.3) is 5.91 Å². The van der Waals surface area contributed by atoms with Gasteiger partial charge in [0.1, 0.15) is 13.5 Å². The zero-order valence-corrected chi connectivity index (χ0v) is 11.1. The van der Waals surface area contributed by atoms with Crippen LogP contribution in [0.5, 0.6) is 0 Å². The highest BCUT2D eigenvalue weighted by atomic mass is 16.6. The molecule has 104 valence electrons. The summed E-state index contributed by atoms with van der Waals surface area (Å²) >= 11 is 0. The lowest BCUT2D eigenvalue weighted by Gasteiger charge is -2.30. The van der Waals surface area contributed by atoms with Crippen molar-refractivity contribution in [3.63, 3.8) is 0 Å². The Labute approximate surface area is 112 Å². The molecule has 2 heterocycles. The van der Waals surface area contributed by atoms with Crippen molar-refractivity contribution >= 4 is 11.7 Å². The van der Waals surface area contributed by atoms with Crippen LogP contribution in [0, 0.1) is 0 Å². The van der Waals surface area contributed by atoms with E-state index in [0.29, 0.717) is 26.3 Å². The lowest BCUT2D eigenvalue weighted by atomic mass is 10.1. The van der Waals surface area contributed by atoms with Gasteiger partial charge >= 0.3 is 0 Å². The summed E-state index contributed by atoms with van der Waals surface area (Å²) in [4.78, 5) is 25.0. The number of carbonyl (C=O) groups is 2. The van der Waals surface area contributed by atoms with Crippen molar-refractivity contribution in [1.29, 1.82) is 0 Å². The summed E-state index contributed by atoms with van der Waals surface area (Å²) in [7, 11) is 0. The van der Waals surface area contributed by atoms with Crippen LogP contribution in [0.2, 0.25) is 0 Å². The van der Waals surface area contributed by atoms with Crippen LogP contribution in [0.1, 0.15) is 26.2 Å². The molecule has 0 spiro atoms. The van der Waals surface area contributed by atoms with Crippen LogP contribution in [0.4, 0.5) is 0 Å². The third-order valence-electron chi connectivity index (χ3n) is 3.09. The first-order valence-corrected chi connectivity index (χ1v) is 6.55. The van der Waals surface area contributed by atoms with E-state index in [4.69, 9.17) is 9.47 Å². The molecule has 0 radical (unpaired) electrons. The van der Waals surface area contributed by atoms with Crippen molar-refractivity contribution < 1.29 is 19.1 Å². The lowest BCUT2D eigenvalue weighted by molar-refractivity contribution is -0.176. The standard InChI is InChI=1S/C14H19NO4/c1-2-3-4-5-6-7-8-11(16)12-13(19-12)14(17)15-9-18-10-15/h2-3,5-6,12-13H,4,7-10H2,1H3/b3-2+,6-5-/t12-,13-/m1/s1. The molecule has 19 heavy (non-hydrogen) atoms. The average molecular weight is 265 g/mol. The third-order valence-corrected chi connectivity index (χ3v) is 3.09. The SMILES string of the molecule is C/C=C/C/C=C\CCC(=O)[C@H]1O[C@H]1C(=O)N1COC1. The first-order valence-electron chi connectivity index (χ1n) is 6.55. The second-order valence-electron chi connectivity index (χ2n) is 4.60. The topological polar surface area (TPSA) is 59.1 Å². The average Bonchev–Trinajstić information content (AvgIpc) is 3.11. The molecule has 0 bridgehead atoms. The summed E-state index contributed by atoms with van der Waals surface area (Å²) < 4.78 is 10.1. The number of amides is 1. The van der Waals surface area contributed by atoms with Crippen LogP contribution in [0.15, 0.2) is 24.3 Å². The molecule has 0 N–H and O–H groups in total. The molecule has 2 aliphatic rings. The lowest BCUT2D eigenvalue weighted by Crippen LogP contribution is -2.47.